The SMILES string of the molecule is Cc1cc(C)c(Nc2cncc(C(=O)NC3CCS(=O)(=O)C3)c2)c(Cl)c1. The monoisotopic (exact) mass is 393 g/mol. The molecule has 1 aliphatic rings. The summed E-state index contributed by atoms with van der Waals surface area (Å²) >= 11 is 6.31. The topological polar surface area (TPSA) is 88.2 Å². The maximum Gasteiger partial charge on any atom is 0.253 e. The Morgan fingerprint density at radius 2 is 2.00 bits per heavy atom. The van der Waals surface area contributed by atoms with Gasteiger partial charge in [0.1, 0.15) is 0 Å². The van der Waals surface area contributed by atoms with Crippen molar-refractivity contribution in [3.63, 3.8) is 0 Å². The Morgan fingerprint density at radius 3 is 2.65 bits per heavy atom. The Bertz CT molecular complexity index is 937. The van der Waals surface area contributed by atoms with Crippen molar-refractivity contribution < 1.29 is 13.2 Å². The molecule has 8 heteroatoms. The van der Waals surface area contributed by atoms with E-state index >= 15 is 0 Å². The summed E-state index contributed by atoms with van der Waals surface area (Å²) in [5.41, 5.74) is 3.81. The number of amides is 1. The summed E-state index contributed by atoms with van der Waals surface area (Å²) in [6.45, 7) is 3.92. The summed E-state index contributed by atoms with van der Waals surface area (Å²) in [7, 11) is -3.04. The summed E-state index contributed by atoms with van der Waals surface area (Å²) in [4.78, 5) is 16.5. The molecule has 2 heterocycles. The van der Waals surface area contributed by atoms with Gasteiger partial charge in [0, 0.05) is 12.2 Å². The molecule has 1 aliphatic heterocycles. The minimum Gasteiger partial charge on any atom is -0.353 e. The lowest BCUT2D eigenvalue weighted by Crippen LogP contribution is -2.35. The number of carbonyl (C=O) groups excluding carboxylic acids is 1. The van der Waals surface area contributed by atoms with Crippen LogP contribution >= 0.6 is 11.6 Å². The average Bonchev–Trinajstić information content (AvgIpc) is 2.90. The molecule has 1 atom stereocenters. The number of rotatable bonds is 4. The molecule has 2 aromatic rings. The van der Waals surface area contributed by atoms with Gasteiger partial charge in [-0.15, -0.1) is 0 Å². The van der Waals surface area contributed by atoms with E-state index in [1.54, 1.807) is 12.3 Å². The zero-order valence-corrected chi connectivity index (χ0v) is 16.1. The van der Waals surface area contributed by atoms with Crippen LogP contribution in [0.1, 0.15) is 27.9 Å². The second-order valence-corrected chi connectivity index (χ2v) is 9.24. The highest BCUT2D eigenvalue weighted by molar-refractivity contribution is 7.91. The molecule has 6 nitrogen and oxygen atoms in total. The molecular formula is C18H20ClN3O3S. The third kappa shape index (κ3) is 4.34. The van der Waals surface area contributed by atoms with E-state index in [1.165, 1.54) is 6.20 Å². The fourth-order valence-electron chi connectivity index (χ4n) is 3.03. The van der Waals surface area contributed by atoms with Crippen LogP contribution in [-0.4, -0.2) is 36.9 Å². The number of nitrogens with zero attached hydrogens (tertiary/aromatic N) is 1. The third-order valence-electron chi connectivity index (χ3n) is 4.27. The molecule has 3 rings (SSSR count). The van der Waals surface area contributed by atoms with Crippen molar-refractivity contribution in [2.75, 3.05) is 16.8 Å². The van der Waals surface area contributed by atoms with Crippen LogP contribution < -0.4 is 10.6 Å². The minimum absolute atomic E-state index is 0.0116. The maximum absolute atomic E-state index is 12.4. The van der Waals surface area contributed by atoms with Gasteiger partial charge in [-0.1, -0.05) is 17.7 Å². The molecule has 0 spiro atoms. The summed E-state index contributed by atoms with van der Waals surface area (Å²) in [6.07, 6.45) is 3.50. The zero-order chi connectivity index (χ0) is 18.9. The molecule has 0 aliphatic carbocycles. The number of benzene rings is 1. The highest BCUT2D eigenvalue weighted by Crippen LogP contribution is 2.30. The number of aryl methyl sites for hydroxylation is 2. The highest BCUT2D eigenvalue weighted by atomic mass is 35.5. The second-order valence-electron chi connectivity index (χ2n) is 6.60. The number of nitrogens with one attached hydrogen (secondary N) is 2. The Hall–Kier alpha value is -2.12. The van der Waals surface area contributed by atoms with Gasteiger partial charge in [0.15, 0.2) is 9.84 Å². The Balaban J connectivity index is 1.75. The van der Waals surface area contributed by atoms with Crippen molar-refractivity contribution in [3.8, 4) is 0 Å². The summed E-state index contributed by atoms with van der Waals surface area (Å²) in [5.74, 6) is -0.236. The Morgan fingerprint density at radius 1 is 1.23 bits per heavy atom. The minimum atomic E-state index is -3.04. The predicted octanol–water partition coefficient (Wildman–Crippen LogP) is 3.01. The van der Waals surface area contributed by atoms with Crippen molar-refractivity contribution in [2.45, 2.75) is 26.3 Å². The molecule has 138 valence electrons. The number of pyridine rings is 1. The van der Waals surface area contributed by atoms with Gasteiger partial charge in [-0.05, 0) is 43.5 Å². The lowest BCUT2D eigenvalue weighted by atomic mass is 10.1. The van der Waals surface area contributed by atoms with Gasteiger partial charge in [0.2, 0.25) is 0 Å². The number of halogens is 1. The number of hydrogen-bond donors (Lipinski definition) is 2. The van der Waals surface area contributed by atoms with E-state index in [1.807, 2.05) is 26.0 Å². The zero-order valence-electron chi connectivity index (χ0n) is 14.5. The van der Waals surface area contributed by atoms with Crippen LogP contribution in [0.4, 0.5) is 11.4 Å². The van der Waals surface area contributed by atoms with Gasteiger partial charge >= 0.3 is 0 Å². The molecule has 0 saturated carbocycles. The normalized spacial score (nSPS) is 18.5. The molecule has 0 bridgehead atoms. The van der Waals surface area contributed by atoms with Crippen LogP contribution in [0.15, 0.2) is 30.6 Å². The first-order valence-electron chi connectivity index (χ1n) is 8.23. The highest BCUT2D eigenvalue weighted by Gasteiger charge is 2.29. The van der Waals surface area contributed by atoms with Gasteiger partial charge in [-0.25, -0.2) is 8.42 Å². The number of aromatic nitrogens is 1. The molecule has 1 aromatic heterocycles. The molecule has 1 fully saturated rings. The van der Waals surface area contributed by atoms with Crippen LogP contribution in [0.2, 0.25) is 5.02 Å². The molecule has 1 unspecified atom stereocenters. The van der Waals surface area contributed by atoms with Crippen LogP contribution in [0, 0.1) is 13.8 Å². The van der Waals surface area contributed by atoms with Gasteiger partial charge in [-0.2, -0.15) is 0 Å². The Kier molecular flexibility index (Phi) is 5.20. The summed E-state index contributed by atoms with van der Waals surface area (Å²) in [6, 6.07) is 5.19. The van der Waals surface area contributed by atoms with Crippen molar-refractivity contribution in [1.82, 2.24) is 10.3 Å². The fraction of sp³-hybridized carbons (Fsp3) is 0.333. The van der Waals surface area contributed by atoms with E-state index in [0.717, 1.165) is 16.8 Å². The number of hydrogen-bond acceptors (Lipinski definition) is 5. The van der Waals surface area contributed by atoms with Gasteiger partial charge in [0.05, 0.1) is 39.7 Å². The second kappa shape index (κ2) is 7.25. The first kappa shape index (κ1) is 18.7. The van der Waals surface area contributed by atoms with Crippen LogP contribution in [0.5, 0.6) is 0 Å². The van der Waals surface area contributed by atoms with Crippen molar-refractivity contribution in [2.24, 2.45) is 0 Å². The van der Waals surface area contributed by atoms with E-state index < -0.39 is 9.84 Å². The first-order chi connectivity index (χ1) is 12.2. The fourth-order valence-corrected chi connectivity index (χ4v) is 5.07. The molecule has 1 amide bonds. The van der Waals surface area contributed by atoms with E-state index in [2.05, 4.69) is 15.6 Å². The summed E-state index contributed by atoms with van der Waals surface area (Å²) < 4.78 is 23.0. The first-order valence-corrected chi connectivity index (χ1v) is 10.4. The lowest BCUT2D eigenvalue weighted by molar-refractivity contribution is 0.0941. The largest absolute Gasteiger partial charge is 0.353 e. The quantitative estimate of drug-likeness (QED) is 0.833. The molecule has 2 N–H and O–H groups in total. The molecule has 1 saturated heterocycles. The number of anilines is 2. The standard InChI is InChI=1S/C18H20ClN3O3S/c1-11-5-12(2)17(16(19)6-11)21-15-7-13(8-20-9-15)18(23)22-14-3-4-26(24,25)10-14/h5-9,14,21H,3-4,10H2,1-2H3,(H,22,23). The average molecular weight is 394 g/mol. The van der Waals surface area contributed by atoms with E-state index in [-0.39, 0.29) is 23.5 Å². The lowest BCUT2D eigenvalue weighted by Gasteiger charge is -2.14. The van der Waals surface area contributed by atoms with Gasteiger partial charge in [-0.3, -0.25) is 9.78 Å². The van der Waals surface area contributed by atoms with Crippen molar-refractivity contribution >= 4 is 38.7 Å². The van der Waals surface area contributed by atoms with Crippen molar-refractivity contribution in [1.29, 1.82) is 0 Å². The smallest absolute Gasteiger partial charge is 0.253 e. The molecular weight excluding hydrogens is 374 g/mol. The molecule has 26 heavy (non-hydrogen) atoms. The number of sulfone groups is 1. The van der Waals surface area contributed by atoms with Gasteiger partial charge < -0.3 is 10.6 Å². The summed E-state index contributed by atoms with van der Waals surface area (Å²) in [5, 5.41) is 6.55. The maximum atomic E-state index is 12.4. The van der Waals surface area contributed by atoms with Crippen LogP contribution in [0.3, 0.4) is 0 Å². The Labute approximate surface area is 157 Å². The van der Waals surface area contributed by atoms with Crippen molar-refractivity contribution in [3.05, 3.63) is 52.3 Å². The molecule has 1 aromatic carbocycles. The number of carbonyl (C=O) groups is 1. The van der Waals surface area contributed by atoms with Crippen LogP contribution in [0.25, 0.3) is 0 Å². The van der Waals surface area contributed by atoms with E-state index in [0.29, 0.717) is 22.7 Å². The van der Waals surface area contributed by atoms with E-state index in [9.17, 15) is 13.2 Å². The predicted molar refractivity (Wildman–Crippen MR) is 103 cm³/mol. The van der Waals surface area contributed by atoms with Crippen LogP contribution in [-0.2, 0) is 9.84 Å². The molecule has 0 radical (unpaired) electrons. The van der Waals surface area contributed by atoms with Gasteiger partial charge in [0.25, 0.3) is 5.91 Å². The third-order valence-corrected chi connectivity index (χ3v) is 6.34. The van der Waals surface area contributed by atoms with E-state index in [4.69, 9.17) is 11.6 Å².